The topological polar surface area (TPSA) is 21.3 Å². The van der Waals surface area contributed by atoms with Crippen molar-refractivity contribution in [2.75, 3.05) is 4.90 Å². The standard InChI is InChI=1S/C50H34N2O/c1-3-13-36-29-38(22-21-33(36)11-1)35-23-26-39(27-24-35)51(40-28-25-34-12-2-4-14-37(34)30-40)48-32-41(31-45-44-17-7-10-20-49(44)53-50(45)48)52-46-18-8-5-15-42(46)43-16-6-9-19-47(43)52/h1-20,23-32H,21-22H2. The fraction of sp³-hybridized carbons (Fsp3) is 0.0400. The van der Waals surface area contributed by atoms with E-state index in [0.29, 0.717) is 0 Å². The summed E-state index contributed by atoms with van der Waals surface area (Å²) in [5.41, 5.74) is 13.7. The van der Waals surface area contributed by atoms with Crippen molar-refractivity contribution in [1.29, 1.82) is 0 Å². The number of fused-ring (bicyclic) bond motifs is 8. The second kappa shape index (κ2) is 11.9. The predicted molar refractivity (Wildman–Crippen MR) is 223 cm³/mol. The van der Waals surface area contributed by atoms with Crippen LogP contribution in [-0.4, -0.2) is 4.57 Å². The quantitative estimate of drug-likeness (QED) is 0.181. The summed E-state index contributed by atoms with van der Waals surface area (Å²) in [6.07, 6.45) is 4.46. The minimum Gasteiger partial charge on any atom is -0.454 e. The molecule has 0 bridgehead atoms. The van der Waals surface area contributed by atoms with E-state index in [-0.39, 0.29) is 0 Å². The number of allylic oxidation sites excluding steroid dienone is 1. The lowest BCUT2D eigenvalue weighted by molar-refractivity contribution is 0.669. The number of anilines is 3. The zero-order chi connectivity index (χ0) is 34.9. The third-order valence-electron chi connectivity index (χ3n) is 11.1. The van der Waals surface area contributed by atoms with Crippen molar-refractivity contribution in [1.82, 2.24) is 4.57 Å². The summed E-state index contributed by atoms with van der Waals surface area (Å²) in [5, 5.41) is 7.07. The van der Waals surface area contributed by atoms with Crippen LogP contribution in [0.2, 0.25) is 0 Å². The SMILES string of the molecule is C1=C(c2ccc(N(c3ccc4ccccc4c3)c3cc(-n4c5ccccc5c5ccccc54)cc4c3oc3ccccc34)cc2)CCc2ccccc21. The molecule has 10 aromatic rings. The third-order valence-corrected chi connectivity index (χ3v) is 11.1. The Labute approximate surface area is 307 Å². The van der Waals surface area contributed by atoms with E-state index in [9.17, 15) is 0 Å². The molecule has 3 nitrogen and oxygen atoms in total. The fourth-order valence-corrected chi connectivity index (χ4v) is 8.52. The van der Waals surface area contributed by atoms with Crippen LogP contribution in [0, 0.1) is 0 Å². The van der Waals surface area contributed by atoms with Crippen LogP contribution in [0.25, 0.3) is 71.9 Å². The maximum Gasteiger partial charge on any atom is 0.159 e. The molecular formula is C50H34N2O. The van der Waals surface area contributed by atoms with Crippen LogP contribution in [0.15, 0.2) is 180 Å². The lowest BCUT2D eigenvalue weighted by Gasteiger charge is -2.27. The van der Waals surface area contributed by atoms with Gasteiger partial charge in [-0.25, -0.2) is 0 Å². The maximum atomic E-state index is 6.83. The summed E-state index contributed by atoms with van der Waals surface area (Å²) in [6, 6.07) is 63.7. The summed E-state index contributed by atoms with van der Waals surface area (Å²) in [6.45, 7) is 0. The van der Waals surface area contributed by atoms with Gasteiger partial charge in [0.05, 0.1) is 16.7 Å². The minimum atomic E-state index is 0.861. The molecule has 0 saturated carbocycles. The average molecular weight is 679 g/mol. The van der Waals surface area contributed by atoms with Gasteiger partial charge in [-0.2, -0.15) is 0 Å². The number of furan rings is 1. The van der Waals surface area contributed by atoms with Crippen LogP contribution in [-0.2, 0) is 6.42 Å². The molecule has 8 aromatic carbocycles. The molecule has 0 saturated heterocycles. The van der Waals surface area contributed by atoms with Crippen LogP contribution >= 0.6 is 0 Å². The monoisotopic (exact) mass is 678 g/mol. The number of hydrogen-bond acceptors (Lipinski definition) is 2. The Morgan fingerprint density at radius 2 is 1.15 bits per heavy atom. The third kappa shape index (κ3) is 4.82. The summed E-state index contributed by atoms with van der Waals surface area (Å²) in [4.78, 5) is 2.38. The number of aryl methyl sites for hydroxylation is 1. The lowest BCUT2D eigenvalue weighted by Crippen LogP contribution is -2.11. The summed E-state index contributed by atoms with van der Waals surface area (Å²) in [5.74, 6) is 0. The largest absolute Gasteiger partial charge is 0.454 e. The molecule has 3 heteroatoms. The molecule has 2 heterocycles. The molecule has 0 aliphatic heterocycles. The maximum absolute atomic E-state index is 6.83. The summed E-state index contributed by atoms with van der Waals surface area (Å²) in [7, 11) is 0. The average Bonchev–Trinajstić information content (AvgIpc) is 3.77. The van der Waals surface area contributed by atoms with Crippen LogP contribution in [0.1, 0.15) is 23.1 Å². The van der Waals surface area contributed by atoms with Crippen molar-refractivity contribution in [2.45, 2.75) is 12.8 Å². The Hall–Kier alpha value is -6.84. The number of benzene rings is 8. The van der Waals surface area contributed by atoms with Gasteiger partial charge in [-0.1, -0.05) is 127 Å². The van der Waals surface area contributed by atoms with Crippen LogP contribution in [0.3, 0.4) is 0 Å². The second-order valence-corrected chi connectivity index (χ2v) is 14.1. The highest BCUT2D eigenvalue weighted by molar-refractivity contribution is 6.13. The van der Waals surface area contributed by atoms with E-state index >= 15 is 0 Å². The Kier molecular flexibility index (Phi) is 6.68. The number of rotatable bonds is 5. The van der Waals surface area contributed by atoms with E-state index in [4.69, 9.17) is 4.42 Å². The smallest absolute Gasteiger partial charge is 0.159 e. The first-order chi connectivity index (χ1) is 26.3. The molecule has 1 aliphatic rings. The van der Waals surface area contributed by atoms with E-state index < -0.39 is 0 Å². The van der Waals surface area contributed by atoms with Crippen molar-refractivity contribution in [3.8, 4) is 5.69 Å². The molecule has 0 spiro atoms. The van der Waals surface area contributed by atoms with Crippen molar-refractivity contribution >= 4 is 83.2 Å². The number of hydrogen-bond donors (Lipinski definition) is 0. The number of para-hydroxylation sites is 3. The van der Waals surface area contributed by atoms with Gasteiger partial charge in [-0.3, -0.25) is 0 Å². The highest BCUT2D eigenvalue weighted by Crippen LogP contribution is 2.45. The van der Waals surface area contributed by atoms with E-state index in [1.54, 1.807) is 0 Å². The Balaban J connectivity index is 1.17. The predicted octanol–water partition coefficient (Wildman–Crippen LogP) is 13.8. The lowest BCUT2D eigenvalue weighted by atomic mass is 9.89. The van der Waals surface area contributed by atoms with Gasteiger partial charge in [-0.15, -0.1) is 0 Å². The van der Waals surface area contributed by atoms with Crippen LogP contribution in [0.4, 0.5) is 17.1 Å². The van der Waals surface area contributed by atoms with Gasteiger partial charge in [0.1, 0.15) is 5.58 Å². The first-order valence-electron chi connectivity index (χ1n) is 18.4. The van der Waals surface area contributed by atoms with Gasteiger partial charge in [-0.05, 0) is 100 Å². The zero-order valence-corrected chi connectivity index (χ0v) is 29.0. The number of nitrogens with zero attached hydrogens (tertiary/aromatic N) is 2. The van der Waals surface area contributed by atoms with Crippen molar-refractivity contribution < 1.29 is 4.42 Å². The zero-order valence-electron chi connectivity index (χ0n) is 29.0. The van der Waals surface area contributed by atoms with E-state index in [2.05, 4.69) is 191 Å². The van der Waals surface area contributed by atoms with Gasteiger partial charge in [0.25, 0.3) is 0 Å². The molecule has 1 aliphatic carbocycles. The molecule has 53 heavy (non-hydrogen) atoms. The van der Waals surface area contributed by atoms with E-state index in [1.807, 2.05) is 0 Å². The minimum absolute atomic E-state index is 0.861. The summed E-state index contributed by atoms with van der Waals surface area (Å²) >= 11 is 0. The van der Waals surface area contributed by atoms with Crippen LogP contribution in [0.5, 0.6) is 0 Å². The van der Waals surface area contributed by atoms with Gasteiger partial charge in [0.2, 0.25) is 0 Å². The first-order valence-corrected chi connectivity index (χ1v) is 18.4. The highest BCUT2D eigenvalue weighted by Gasteiger charge is 2.23. The molecule has 0 N–H and O–H groups in total. The molecule has 0 amide bonds. The van der Waals surface area contributed by atoms with Gasteiger partial charge < -0.3 is 13.9 Å². The molecule has 11 rings (SSSR count). The van der Waals surface area contributed by atoms with Crippen molar-refractivity contribution in [3.05, 3.63) is 193 Å². The van der Waals surface area contributed by atoms with E-state index in [1.165, 1.54) is 54.8 Å². The highest BCUT2D eigenvalue weighted by atomic mass is 16.3. The molecule has 0 unspecified atom stereocenters. The normalized spacial score (nSPS) is 12.9. The summed E-state index contributed by atoms with van der Waals surface area (Å²) < 4.78 is 9.24. The molecule has 0 fully saturated rings. The van der Waals surface area contributed by atoms with Gasteiger partial charge in [0, 0.05) is 38.6 Å². The molecule has 250 valence electrons. The fourth-order valence-electron chi connectivity index (χ4n) is 8.52. The Morgan fingerprint density at radius 1 is 0.491 bits per heavy atom. The van der Waals surface area contributed by atoms with E-state index in [0.717, 1.165) is 57.5 Å². The first kappa shape index (κ1) is 29.8. The Bertz CT molecular complexity index is 3020. The van der Waals surface area contributed by atoms with Crippen molar-refractivity contribution in [3.63, 3.8) is 0 Å². The number of aromatic nitrogens is 1. The molecular weight excluding hydrogens is 645 g/mol. The van der Waals surface area contributed by atoms with Gasteiger partial charge in [0.15, 0.2) is 5.58 Å². The second-order valence-electron chi connectivity index (χ2n) is 14.1. The Morgan fingerprint density at radius 3 is 1.96 bits per heavy atom. The van der Waals surface area contributed by atoms with Crippen LogP contribution < -0.4 is 4.90 Å². The molecule has 2 aromatic heterocycles. The molecule has 0 radical (unpaired) electrons. The van der Waals surface area contributed by atoms with Crippen molar-refractivity contribution in [2.24, 2.45) is 0 Å². The molecule has 0 atom stereocenters. The van der Waals surface area contributed by atoms with Gasteiger partial charge >= 0.3 is 0 Å².